The van der Waals surface area contributed by atoms with Crippen LogP contribution in [0, 0.1) is 5.41 Å². The third kappa shape index (κ3) is 3.92. The van der Waals surface area contributed by atoms with E-state index in [-0.39, 0.29) is 22.8 Å². The van der Waals surface area contributed by atoms with Crippen LogP contribution in [-0.2, 0) is 17.1 Å². The SMILES string of the molecule is Cl.Cn1nccc1S(=O)(=O)NCC1(C)CCCNC1. The van der Waals surface area contributed by atoms with E-state index in [2.05, 4.69) is 22.1 Å². The Labute approximate surface area is 120 Å². The molecule has 0 aromatic carbocycles. The van der Waals surface area contributed by atoms with Crippen molar-refractivity contribution in [2.24, 2.45) is 12.5 Å². The number of sulfonamides is 1. The summed E-state index contributed by atoms with van der Waals surface area (Å²) in [5.74, 6) is 0. The Morgan fingerprint density at radius 3 is 2.84 bits per heavy atom. The van der Waals surface area contributed by atoms with Crippen LogP contribution in [0.25, 0.3) is 0 Å². The Morgan fingerprint density at radius 1 is 1.58 bits per heavy atom. The number of hydrogen-bond acceptors (Lipinski definition) is 4. The molecule has 1 aromatic rings. The number of halogens is 1. The van der Waals surface area contributed by atoms with Gasteiger partial charge in [-0.2, -0.15) is 5.10 Å². The first-order chi connectivity index (χ1) is 8.43. The molecule has 0 bridgehead atoms. The molecular formula is C11H21ClN4O2S. The summed E-state index contributed by atoms with van der Waals surface area (Å²) in [4.78, 5) is 0. The predicted octanol–water partition coefficient (Wildman–Crippen LogP) is 0.510. The summed E-state index contributed by atoms with van der Waals surface area (Å²) in [6.07, 6.45) is 3.61. The van der Waals surface area contributed by atoms with Crippen LogP contribution in [0.2, 0.25) is 0 Å². The smallest absolute Gasteiger partial charge is 0.257 e. The number of rotatable bonds is 4. The first kappa shape index (κ1) is 16.4. The number of nitrogens with one attached hydrogen (secondary N) is 2. The normalized spacial score (nSPS) is 23.9. The summed E-state index contributed by atoms with van der Waals surface area (Å²) in [7, 11) is -1.84. The summed E-state index contributed by atoms with van der Waals surface area (Å²) in [6, 6.07) is 1.50. The van der Waals surface area contributed by atoms with Gasteiger partial charge in [0, 0.05) is 20.1 Å². The number of hydrogen-bond donors (Lipinski definition) is 2. The largest absolute Gasteiger partial charge is 0.316 e. The van der Waals surface area contributed by atoms with Crippen LogP contribution < -0.4 is 10.0 Å². The third-order valence-electron chi connectivity index (χ3n) is 3.43. The molecule has 19 heavy (non-hydrogen) atoms. The first-order valence-corrected chi connectivity index (χ1v) is 7.60. The highest BCUT2D eigenvalue weighted by Crippen LogP contribution is 2.24. The van der Waals surface area contributed by atoms with E-state index < -0.39 is 10.0 Å². The van der Waals surface area contributed by atoms with Crippen LogP contribution in [-0.4, -0.2) is 37.8 Å². The standard InChI is InChI=1S/C11H20N4O2S.ClH/c1-11(5-3-6-12-8-11)9-14-18(16,17)10-4-7-13-15(10)2;/h4,7,12,14H,3,5-6,8-9H2,1-2H3;1H. The highest BCUT2D eigenvalue weighted by molar-refractivity contribution is 7.89. The lowest BCUT2D eigenvalue weighted by Crippen LogP contribution is -2.45. The average molecular weight is 309 g/mol. The van der Waals surface area contributed by atoms with Gasteiger partial charge in [0.15, 0.2) is 5.03 Å². The highest BCUT2D eigenvalue weighted by atomic mass is 35.5. The summed E-state index contributed by atoms with van der Waals surface area (Å²) in [6.45, 7) is 4.42. The van der Waals surface area contributed by atoms with Crippen LogP contribution in [0.4, 0.5) is 0 Å². The Kier molecular flexibility index (Phi) is 5.37. The van der Waals surface area contributed by atoms with Crippen molar-refractivity contribution in [1.82, 2.24) is 19.8 Å². The average Bonchev–Trinajstić information content (AvgIpc) is 2.75. The van der Waals surface area contributed by atoms with Crippen molar-refractivity contribution in [3.63, 3.8) is 0 Å². The summed E-state index contributed by atoms with van der Waals surface area (Å²) in [5.41, 5.74) is -0.0100. The monoisotopic (exact) mass is 308 g/mol. The van der Waals surface area contributed by atoms with Crippen molar-refractivity contribution >= 4 is 22.4 Å². The molecule has 0 amide bonds. The van der Waals surface area contributed by atoms with E-state index in [9.17, 15) is 8.42 Å². The molecule has 0 radical (unpaired) electrons. The molecule has 1 unspecified atom stereocenters. The second kappa shape index (κ2) is 6.21. The first-order valence-electron chi connectivity index (χ1n) is 6.11. The maximum Gasteiger partial charge on any atom is 0.257 e. The zero-order valence-corrected chi connectivity index (χ0v) is 12.9. The highest BCUT2D eigenvalue weighted by Gasteiger charge is 2.29. The number of aromatic nitrogens is 2. The van der Waals surface area contributed by atoms with Crippen LogP contribution in [0.5, 0.6) is 0 Å². The van der Waals surface area contributed by atoms with Gasteiger partial charge < -0.3 is 5.32 Å². The zero-order valence-electron chi connectivity index (χ0n) is 11.2. The third-order valence-corrected chi connectivity index (χ3v) is 4.90. The minimum absolute atomic E-state index is 0. The van der Waals surface area contributed by atoms with E-state index >= 15 is 0 Å². The van der Waals surface area contributed by atoms with Gasteiger partial charge in [-0.3, -0.25) is 4.68 Å². The summed E-state index contributed by atoms with van der Waals surface area (Å²) >= 11 is 0. The minimum atomic E-state index is -3.46. The molecule has 1 saturated heterocycles. The molecule has 110 valence electrons. The van der Waals surface area contributed by atoms with Gasteiger partial charge in [-0.15, -0.1) is 12.4 Å². The van der Waals surface area contributed by atoms with E-state index in [0.717, 1.165) is 25.9 Å². The fraction of sp³-hybridized carbons (Fsp3) is 0.727. The van der Waals surface area contributed by atoms with Crippen LogP contribution in [0.3, 0.4) is 0 Å². The van der Waals surface area contributed by atoms with Gasteiger partial charge in [-0.1, -0.05) is 6.92 Å². The van der Waals surface area contributed by atoms with Gasteiger partial charge in [-0.25, -0.2) is 13.1 Å². The fourth-order valence-corrected chi connectivity index (χ4v) is 3.56. The Bertz CT molecular complexity index is 509. The van der Waals surface area contributed by atoms with Crippen LogP contribution >= 0.6 is 12.4 Å². The molecule has 0 aliphatic carbocycles. The Balaban J connectivity index is 0.00000180. The van der Waals surface area contributed by atoms with Gasteiger partial charge in [0.05, 0.1) is 6.20 Å². The molecule has 8 heteroatoms. The van der Waals surface area contributed by atoms with Crippen molar-refractivity contribution in [3.8, 4) is 0 Å². The Hall–Kier alpha value is -0.630. The lowest BCUT2D eigenvalue weighted by molar-refractivity contribution is 0.238. The molecule has 2 heterocycles. The predicted molar refractivity (Wildman–Crippen MR) is 75.9 cm³/mol. The molecule has 1 atom stereocenters. The van der Waals surface area contributed by atoms with Gasteiger partial charge in [0.1, 0.15) is 0 Å². The van der Waals surface area contributed by atoms with E-state index in [1.165, 1.54) is 16.9 Å². The maximum atomic E-state index is 12.1. The lowest BCUT2D eigenvalue weighted by atomic mass is 9.83. The van der Waals surface area contributed by atoms with Crippen molar-refractivity contribution in [2.45, 2.75) is 24.8 Å². The second-order valence-corrected chi connectivity index (χ2v) is 6.92. The summed E-state index contributed by atoms with van der Waals surface area (Å²) in [5, 5.41) is 7.39. The number of piperidine rings is 1. The lowest BCUT2D eigenvalue weighted by Gasteiger charge is -2.34. The topological polar surface area (TPSA) is 76.0 Å². The van der Waals surface area contributed by atoms with Gasteiger partial charge in [0.25, 0.3) is 10.0 Å². The van der Waals surface area contributed by atoms with Crippen LogP contribution in [0.15, 0.2) is 17.3 Å². The zero-order chi connectivity index (χ0) is 13.2. The molecule has 2 N–H and O–H groups in total. The minimum Gasteiger partial charge on any atom is -0.316 e. The van der Waals surface area contributed by atoms with E-state index in [1.54, 1.807) is 7.05 Å². The van der Waals surface area contributed by atoms with Gasteiger partial charge in [-0.05, 0) is 30.9 Å². The molecule has 0 saturated carbocycles. The van der Waals surface area contributed by atoms with Crippen molar-refractivity contribution < 1.29 is 8.42 Å². The Morgan fingerprint density at radius 2 is 2.32 bits per heavy atom. The molecule has 1 aliphatic rings. The van der Waals surface area contributed by atoms with Gasteiger partial charge >= 0.3 is 0 Å². The fourth-order valence-electron chi connectivity index (χ4n) is 2.24. The quantitative estimate of drug-likeness (QED) is 0.850. The van der Waals surface area contributed by atoms with Crippen molar-refractivity contribution in [1.29, 1.82) is 0 Å². The van der Waals surface area contributed by atoms with E-state index in [1.807, 2.05) is 0 Å². The molecular weight excluding hydrogens is 288 g/mol. The molecule has 1 aliphatic heterocycles. The van der Waals surface area contributed by atoms with Gasteiger partial charge in [0.2, 0.25) is 0 Å². The van der Waals surface area contributed by atoms with Crippen molar-refractivity contribution in [2.75, 3.05) is 19.6 Å². The number of nitrogens with zero attached hydrogens (tertiary/aromatic N) is 2. The molecule has 2 rings (SSSR count). The van der Waals surface area contributed by atoms with Crippen LogP contribution in [0.1, 0.15) is 19.8 Å². The van der Waals surface area contributed by atoms with E-state index in [0.29, 0.717) is 6.54 Å². The molecule has 0 spiro atoms. The maximum absolute atomic E-state index is 12.1. The second-order valence-electron chi connectivity index (χ2n) is 5.21. The van der Waals surface area contributed by atoms with Crippen molar-refractivity contribution in [3.05, 3.63) is 12.3 Å². The molecule has 1 fully saturated rings. The summed E-state index contributed by atoms with van der Waals surface area (Å²) < 4.78 is 28.3. The number of aryl methyl sites for hydroxylation is 1. The molecule has 1 aromatic heterocycles. The molecule has 6 nitrogen and oxygen atoms in total. The van der Waals surface area contributed by atoms with E-state index in [4.69, 9.17) is 0 Å².